The van der Waals surface area contributed by atoms with E-state index in [0.29, 0.717) is 5.41 Å². The predicted molar refractivity (Wildman–Crippen MR) is 89.7 cm³/mol. The molecule has 1 saturated carbocycles. The van der Waals surface area contributed by atoms with Gasteiger partial charge >= 0.3 is 0 Å². The van der Waals surface area contributed by atoms with Crippen LogP contribution in [0.15, 0.2) is 0 Å². The molecule has 3 rings (SSSR count). The van der Waals surface area contributed by atoms with Gasteiger partial charge in [0.05, 0.1) is 0 Å². The van der Waals surface area contributed by atoms with E-state index in [1.807, 2.05) is 0 Å². The van der Waals surface area contributed by atoms with Gasteiger partial charge < -0.3 is 10.2 Å². The van der Waals surface area contributed by atoms with Crippen molar-refractivity contribution in [2.45, 2.75) is 70.9 Å². The smallest absolute Gasteiger partial charge is 0.0235 e. The van der Waals surface area contributed by atoms with Crippen molar-refractivity contribution < 1.29 is 0 Å². The van der Waals surface area contributed by atoms with Crippen molar-refractivity contribution in [1.29, 1.82) is 0 Å². The van der Waals surface area contributed by atoms with E-state index >= 15 is 0 Å². The van der Waals surface area contributed by atoms with Crippen LogP contribution in [0.2, 0.25) is 0 Å². The predicted octanol–water partition coefficient (Wildman–Crippen LogP) is 2.71. The summed E-state index contributed by atoms with van der Waals surface area (Å²) >= 11 is 0. The molecule has 2 aliphatic heterocycles. The van der Waals surface area contributed by atoms with Gasteiger partial charge in [-0.15, -0.1) is 0 Å². The fraction of sp³-hybridized carbons (Fsp3) is 1.00. The minimum absolute atomic E-state index is 0.502. The molecule has 21 heavy (non-hydrogen) atoms. The zero-order chi connectivity index (χ0) is 14.7. The van der Waals surface area contributed by atoms with Crippen LogP contribution in [-0.2, 0) is 0 Å². The van der Waals surface area contributed by atoms with Crippen molar-refractivity contribution in [3.63, 3.8) is 0 Å². The van der Waals surface area contributed by atoms with E-state index in [1.165, 1.54) is 84.2 Å². The lowest BCUT2D eigenvalue weighted by atomic mass is 9.81. The molecule has 122 valence electrons. The highest BCUT2D eigenvalue weighted by Crippen LogP contribution is 2.31. The molecule has 0 aromatic carbocycles. The van der Waals surface area contributed by atoms with Crippen molar-refractivity contribution in [2.75, 3.05) is 39.3 Å². The zero-order valence-corrected chi connectivity index (χ0v) is 14.2. The van der Waals surface area contributed by atoms with E-state index in [1.54, 1.807) is 0 Å². The summed E-state index contributed by atoms with van der Waals surface area (Å²) in [6, 6.07) is 1.70. The second-order valence-electron chi connectivity index (χ2n) is 7.78. The van der Waals surface area contributed by atoms with Gasteiger partial charge in [0, 0.05) is 31.7 Å². The van der Waals surface area contributed by atoms with Crippen molar-refractivity contribution in [3.8, 4) is 0 Å². The second kappa shape index (κ2) is 6.97. The van der Waals surface area contributed by atoms with E-state index in [-0.39, 0.29) is 0 Å². The Labute approximate surface area is 131 Å². The summed E-state index contributed by atoms with van der Waals surface area (Å²) in [7, 11) is 0. The van der Waals surface area contributed by atoms with Gasteiger partial charge in [-0.1, -0.05) is 13.8 Å². The lowest BCUT2D eigenvalue weighted by molar-refractivity contribution is 0.143. The molecular formula is C18H35N3. The number of likely N-dealkylation sites (tertiary alicyclic amines) is 2. The van der Waals surface area contributed by atoms with Crippen molar-refractivity contribution in [3.05, 3.63) is 0 Å². The molecule has 3 aliphatic rings. The molecule has 3 fully saturated rings. The maximum atomic E-state index is 3.80. The molecule has 0 radical (unpaired) electrons. The van der Waals surface area contributed by atoms with E-state index < -0.39 is 0 Å². The summed E-state index contributed by atoms with van der Waals surface area (Å²) in [4.78, 5) is 5.52. The molecule has 1 aliphatic carbocycles. The Hall–Kier alpha value is -0.120. The summed E-state index contributed by atoms with van der Waals surface area (Å²) < 4.78 is 0. The molecule has 3 nitrogen and oxygen atoms in total. The molecule has 2 heterocycles. The summed E-state index contributed by atoms with van der Waals surface area (Å²) in [5.74, 6) is 0. The number of nitrogens with zero attached hydrogens (tertiary/aromatic N) is 2. The second-order valence-corrected chi connectivity index (χ2v) is 7.78. The van der Waals surface area contributed by atoms with E-state index in [9.17, 15) is 0 Å². The van der Waals surface area contributed by atoms with Crippen LogP contribution in [0.1, 0.15) is 58.8 Å². The first-order valence-electron chi connectivity index (χ1n) is 9.44. The minimum atomic E-state index is 0.502. The number of nitrogens with one attached hydrogen (secondary N) is 1. The summed E-state index contributed by atoms with van der Waals surface area (Å²) in [5, 5.41) is 3.80. The fourth-order valence-corrected chi connectivity index (χ4v) is 4.26. The molecule has 1 N–H and O–H groups in total. The first-order chi connectivity index (χ1) is 10.2. The van der Waals surface area contributed by atoms with Crippen LogP contribution in [0.25, 0.3) is 0 Å². The van der Waals surface area contributed by atoms with Crippen molar-refractivity contribution in [2.24, 2.45) is 5.41 Å². The van der Waals surface area contributed by atoms with Crippen molar-refractivity contribution in [1.82, 2.24) is 15.1 Å². The third kappa shape index (κ3) is 4.00. The number of hydrogen-bond donors (Lipinski definition) is 1. The highest BCUT2D eigenvalue weighted by atomic mass is 15.3. The maximum absolute atomic E-state index is 3.80. The molecule has 1 unspecified atom stereocenters. The Kier molecular flexibility index (Phi) is 5.23. The molecular weight excluding hydrogens is 258 g/mol. The molecule has 0 amide bonds. The summed E-state index contributed by atoms with van der Waals surface area (Å²) in [6.45, 7) is 12.7. The monoisotopic (exact) mass is 293 g/mol. The summed E-state index contributed by atoms with van der Waals surface area (Å²) in [6.07, 6.45) is 9.70. The average Bonchev–Trinajstić information content (AvgIpc) is 3.00. The van der Waals surface area contributed by atoms with Crippen LogP contribution >= 0.6 is 0 Å². The van der Waals surface area contributed by atoms with Gasteiger partial charge in [-0.25, -0.2) is 0 Å². The van der Waals surface area contributed by atoms with Crippen LogP contribution in [-0.4, -0.2) is 61.2 Å². The Morgan fingerprint density at radius 3 is 2.33 bits per heavy atom. The molecule has 2 saturated heterocycles. The first kappa shape index (κ1) is 15.8. The SMILES string of the molecule is CCC(CC)(CNC1CC1)CN1CCC(N2CCCC2)C1. The third-order valence-electron chi connectivity index (χ3n) is 6.31. The molecule has 0 spiro atoms. The third-order valence-corrected chi connectivity index (χ3v) is 6.31. The minimum Gasteiger partial charge on any atom is -0.313 e. The number of rotatable bonds is 8. The Morgan fingerprint density at radius 1 is 1.00 bits per heavy atom. The van der Waals surface area contributed by atoms with Gasteiger partial charge in [0.1, 0.15) is 0 Å². The van der Waals surface area contributed by atoms with Gasteiger partial charge in [-0.2, -0.15) is 0 Å². The zero-order valence-electron chi connectivity index (χ0n) is 14.2. The Morgan fingerprint density at radius 2 is 1.71 bits per heavy atom. The Bertz CT molecular complexity index is 316. The summed E-state index contributed by atoms with van der Waals surface area (Å²) in [5.41, 5.74) is 0.502. The van der Waals surface area contributed by atoms with Crippen molar-refractivity contribution >= 4 is 0 Å². The maximum Gasteiger partial charge on any atom is 0.0235 e. The standard InChI is InChI=1S/C18H35N3/c1-3-18(4-2,14-19-16-7-8-16)15-20-12-9-17(13-20)21-10-5-6-11-21/h16-17,19H,3-15H2,1-2H3. The Balaban J connectivity index is 1.50. The van der Waals surface area contributed by atoms with Crippen LogP contribution in [0.4, 0.5) is 0 Å². The molecule has 1 atom stereocenters. The van der Waals surface area contributed by atoms with E-state index in [0.717, 1.165) is 12.1 Å². The van der Waals surface area contributed by atoms with Gasteiger partial charge in [0.15, 0.2) is 0 Å². The first-order valence-corrected chi connectivity index (χ1v) is 9.44. The highest BCUT2D eigenvalue weighted by Gasteiger charge is 2.35. The highest BCUT2D eigenvalue weighted by molar-refractivity contribution is 4.92. The normalized spacial score (nSPS) is 28.6. The van der Waals surface area contributed by atoms with Crippen LogP contribution in [0.3, 0.4) is 0 Å². The molecule has 0 aromatic rings. The van der Waals surface area contributed by atoms with Crippen LogP contribution in [0.5, 0.6) is 0 Å². The lowest BCUT2D eigenvalue weighted by Crippen LogP contribution is -2.44. The van der Waals surface area contributed by atoms with E-state index in [4.69, 9.17) is 0 Å². The lowest BCUT2D eigenvalue weighted by Gasteiger charge is -2.36. The number of hydrogen-bond acceptors (Lipinski definition) is 3. The van der Waals surface area contributed by atoms with Crippen LogP contribution in [0, 0.1) is 5.41 Å². The quantitative estimate of drug-likeness (QED) is 0.742. The van der Waals surface area contributed by atoms with Gasteiger partial charge in [-0.05, 0) is 70.0 Å². The topological polar surface area (TPSA) is 18.5 Å². The molecule has 0 bridgehead atoms. The largest absolute Gasteiger partial charge is 0.313 e. The average molecular weight is 293 g/mol. The van der Waals surface area contributed by atoms with E-state index in [2.05, 4.69) is 29.0 Å². The van der Waals surface area contributed by atoms with Gasteiger partial charge in [0.2, 0.25) is 0 Å². The molecule has 0 aromatic heterocycles. The fourth-order valence-electron chi connectivity index (χ4n) is 4.26. The molecule has 3 heteroatoms. The van der Waals surface area contributed by atoms with Crippen LogP contribution < -0.4 is 5.32 Å². The van der Waals surface area contributed by atoms with Gasteiger partial charge in [0.25, 0.3) is 0 Å². The van der Waals surface area contributed by atoms with Gasteiger partial charge in [-0.3, -0.25) is 4.90 Å².